The number of benzene rings is 2. The number of nitrogens with zero attached hydrogens (tertiary/aromatic N) is 2. The van der Waals surface area contributed by atoms with Crippen molar-refractivity contribution in [2.45, 2.75) is 20.3 Å². The van der Waals surface area contributed by atoms with E-state index in [1.807, 2.05) is 24.3 Å². The van der Waals surface area contributed by atoms with Crippen LogP contribution >= 0.6 is 0 Å². The van der Waals surface area contributed by atoms with E-state index >= 15 is 0 Å². The zero-order valence-corrected chi connectivity index (χ0v) is 15.7. The van der Waals surface area contributed by atoms with Crippen LogP contribution in [0.4, 0.5) is 5.82 Å². The Kier molecular flexibility index (Phi) is 5.67. The Labute approximate surface area is 160 Å². The van der Waals surface area contributed by atoms with Gasteiger partial charge in [0.2, 0.25) is 0 Å². The molecule has 3 aromatic rings. The van der Waals surface area contributed by atoms with Crippen LogP contribution in [0.2, 0.25) is 0 Å². The van der Waals surface area contributed by atoms with Crippen LogP contribution in [-0.2, 0) is 6.42 Å². The molecule has 0 radical (unpaired) electrons. The minimum atomic E-state index is 0.342. The molecule has 3 rings (SSSR count). The Bertz CT molecular complexity index is 967. The van der Waals surface area contributed by atoms with E-state index < -0.39 is 0 Å². The first-order chi connectivity index (χ1) is 13.0. The molecule has 0 bridgehead atoms. The summed E-state index contributed by atoms with van der Waals surface area (Å²) in [6.07, 6.45) is 2.44. The molecule has 136 valence electrons. The van der Waals surface area contributed by atoms with E-state index in [0.29, 0.717) is 17.4 Å². The van der Waals surface area contributed by atoms with Gasteiger partial charge >= 0.3 is 0 Å². The molecule has 0 unspecified atom stereocenters. The second kappa shape index (κ2) is 8.32. The first-order valence-electron chi connectivity index (χ1n) is 8.89. The smallest absolute Gasteiger partial charge is 0.155 e. The summed E-state index contributed by atoms with van der Waals surface area (Å²) in [5.74, 6) is 0.920. The highest BCUT2D eigenvalue weighted by Crippen LogP contribution is 2.24. The molecule has 0 amide bonds. The molecule has 0 aliphatic heterocycles. The predicted molar refractivity (Wildman–Crippen MR) is 113 cm³/mol. The van der Waals surface area contributed by atoms with Gasteiger partial charge in [-0.3, -0.25) is 0 Å². The topological polar surface area (TPSA) is 77.3 Å². The molecule has 0 aliphatic rings. The Morgan fingerprint density at radius 2 is 1.67 bits per heavy atom. The lowest BCUT2D eigenvalue weighted by molar-refractivity contribution is 1.15. The lowest BCUT2D eigenvalue weighted by Crippen LogP contribution is -2.10. The first kappa shape index (κ1) is 18.4. The number of rotatable bonds is 5. The summed E-state index contributed by atoms with van der Waals surface area (Å²) >= 11 is 0. The van der Waals surface area contributed by atoms with E-state index in [0.717, 1.165) is 23.2 Å². The molecular weight excluding hydrogens is 332 g/mol. The van der Waals surface area contributed by atoms with E-state index in [4.69, 9.17) is 11.5 Å². The van der Waals surface area contributed by atoms with Gasteiger partial charge in [0, 0.05) is 11.3 Å². The summed E-state index contributed by atoms with van der Waals surface area (Å²) in [6, 6.07) is 22.7. The third-order valence-corrected chi connectivity index (χ3v) is 4.09. The van der Waals surface area contributed by atoms with Gasteiger partial charge in [-0.05, 0) is 49.6 Å². The van der Waals surface area contributed by atoms with Gasteiger partial charge in [0.15, 0.2) is 5.82 Å². The molecule has 4 heteroatoms. The van der Waals surface area contributed by atoms with Crippen LogP contribution in [-0.4, -0.2) is 10.8 Å². The summed E-state index contributed by atoms with van der Waals surface area (Å²) < 4.78 is 0. The van der Waals surface area contributed by atoms with Crippen molar-refractivity contribution in [2.75, 3.05) is 0 Å². The second-order valence-electron chi connectivity index (χ2n) is 6.67. The molecule has 27 heavy (non-hydrogen) atoms. The molecule has 0 atom stereocenters. The minimum absolute atomic E-state index is 0.342. The monoisotopic (exact) mass is 356 g/mol. The van der Waals surface area contributed by atoms with Crippen molar-refractivity contribution in [3.05, 3.63) is 95.2 Å². The molecule has 0 spiro atoms. The van der Waals surface area contributed by atoms with Gasteiger partial charge in [0.05, 0.1) is 5.69 Å². The van der Waals surface area contributed by atoms with Gasteiger partial charge in [-0.1, -0.05) is 60.2 Å². The highest BCUT2D eigenvalue weighted by atomic mass is 15.0. The van der Waals surface area contributed by atoms with Crippen molar-refractivity contribution in [2.24, 2.45) is 16.5 Å². The van der Waals surface area contributed by atoms with Gasteiger partial charge in [0.1, 0.15) is 5.84 Å². The largest absolute Gasteiger partial charge is 0.402 e. The predicted octanol–water partition coefficient (Wildman–Crippen LogP) is 4.50. The third kappa shape index (κ3) is 5.28. The molecule has 4 nitrogen and oxygen atoms in total. The van der Waals surface area contributed by atoms with E-state index in [9.17, 15) is 0 Å². The standard InChI is InChI=1S/C23H24N4/c1-16-8-10-20(11-9-16)21-14-19(13-18-6-4-3-5-7-18)15-23(26-21)27-22(25)12-17(2)24/h3-12,14-15H,13,24H2,1-2H3,(H2,25,26,27)/b17-12-. The Morgan fingerprint density at radius 3 is 2.33 bits per heavy atom. The van der Waals surface area contributed by atoms with Gasteiger partial charge < -0.3 is 11.5 Å². The lowest BCUT2D eigenvalue weighted by atomic mass is 10.0. The van der Waals surface area contributed by atoms with Crippen LogP contribution in [0, 0.1) is 6.92 Å². The van der Waals surface area contributed by atoms with Gasteiger partial charge in [-0.25, -0.2) is 9.98 Å². The van der Waals surface area contributed by atoms with E-state index in [1.165, 1.54) is 11.1 Å². The summed E-state index contributed by atoms with van der Waals surface area (Å²) in [5, 5.41) is 0. The lowest BCUT2D eigenvalue weighted by Gasteiger charge is -2.08. The summed E-state index contributed by atoms with van der Waals surface area (Å²) in [5.41, 5.74) is 17.8. The maximum Gasteiger partial charge on any atom is 0.155 e. The van der Waals surface area contributed by atoms with Gasteiger partial charge in [0.25, 0.3) is 0 Å². The van der Waals surface area contributed by atoms with Crippen LogP contribution in [0.1, 0.15) is 23.6 Å². The zero-order chi connectivity index (χ0) is 19.2. The van der Waals surface area contributed by atoms with Gasteiger partial charge in [-0.15, -0.1) is 0 Å². The number of pyridine rings is 1. The fourth-order valence-corrected chi connectivity index (χ4v) is 2.83. The maximum absolute atomic E-state index is 5.97. The van der Waals surface area contributed by atoms with Crippen molar-refractivity contribution in [3.63, 3.8) is 0 Å². The van der Waals surface area contributed by atoms with Crippen LogP contribution in [0.3, 0.4) is 0 Å². The van der Waals surface area contributed by atoms with Crippen LogP contribution in [0.25, 0.3) is 11.3 Å². The van der Waals surface area contributed by atoms with Crippen LogP contribution in [0.5, 0.6) is 0 Å². The third-order valence-electron chi connectivity index (χ3n) is 4.09. The SMILES string of the molecule is C/C(N)=C/C(N)=Nc1cc(Cc2ccccc2)cc(-c2ccc(C)cc2)n1. The molecule has 0 fully saturated rings. The summed E-state index contributed by atoms with van der Waals surface area (Å²) in [7, 11) is 0. The highest BCUT2D eigenvalue weighted by Gasteiger charge is 2.06. The van der Waals surface area contributed by atoms with E-state index in [1.54, 1.807) is 13.0 Å². The van der Waals surface area contributed by atoms with Crippen molar-refractivity contribution in [1.82, 2.24) is 4.98 Å². The Morgan fingerprint density at radius 1 is 0.963 bits per heavy atom. The van der Waals surface area contributed by atoms with Crippen molar-refractivity contribution in [1.29, 1.82) is 0 Å². The van der Waals surface area contributed by atoms with E-state index in [-0.39, 0.29) is 0 Å². The number of aromatic nitrogens is 1. The number of nitrogens with two attached hydrogens (primary N) is 2. The maximum atomic E-state index is 5.97. The number of allylic oxidation sites excluding steroid dienone is 1. The average Bonchev–Trinajstić information content (AvgIpc) is 2.62. The average molecular weight is 356 g/mol. The van der Waals surface area contributed by atoms with Gasteiger partial charge in [-0.2, -0.15) is 0 Å². The Hall–Kier alpha value is -3.40. The fraction of sp³-hybridized carbons (Fsp3) is 0.130. The van der Waals surface area contributed by atoms with Crippen LogP contribution in [0.15, 0.2) is 83.5 Å². The quantitative estimate of drug-likeness (QED) is 0.522. The first-order valence-corrected chi connectivity index (χ1v) is 8.89. The normalized spacial score (nSPS) is 12.2. The number of aliphatic imine (C=N–C) groups is 1. The molecule has 1 heterocycles. The molecule has 2 aromatic carbocycles. The highest BCUT2D eigenvalue weighted by molar-refractivity contribution is 5.93. The summed E-state index contributed by atoms with van der Waals surface area (Å²) in [4.78, 5) is 9.12. The fourth-order valence-electron chi connectivity index (χ4n) is 2.83. The number of amidine groups is 1. The summed E-state index contributed by atoms with van der Waals surface area (Å²) in [6.45, 7) is 3.85. The molecule has 1 aromatic heterocycles. The number of aryl methyl sites for hydroxylation is 1. The van der Waals surface area contributed by atoms with E-state index in [2.05, 4.69) is 59.4 Å². The molecule has 0 saturated carbocycles. The van der Waals surface area contributed by atoms with Crippen molar-refractivity contribution in [3.8, 4) is 11.3 Å². The zero-order valence-electron chi connectivity index (χ0n) is 15.7. The van der Waals surface area contributed by atoms with Crippen molar-refractivity contribution >= 4 is 11.7 Å². The molecule has 4 N–H and O–H groups in total. The Balaban J connectivity index is 2.04. The number of hydrogen-bond donors (Lipinski definition) is 2. The molecular formula is C23H24N4. The van der Waals surface area contributed by atoms with Crippen LogP contribution < -0.4 is 11.5 Å². The van der Waals surface area contributed by atoms with Crippen molar-refractivity contribution < 1.29 is 0 Å². The minimum Gasteiger partial charge on any atom is -0.402 e. The second-order valence-corrected chi connectivity index (χ2v) is 6.67. The molecule has 0 saturated heterocycles. The molecule has 0 aliphatic carbocycles. The number of hydrogen-bond acceptors (Lipinski definition) is 3.